The number of para-hydroxylation sites is 1. The van der Waals surface area contributed by atoms with Crippen molar-refractivity contribution in [2.24, 2.45) is 5.92 Å². The van der Waals surface area contributed by atoms with Crippen LogP contribution in [-0.2, 0) is 4.79 Å². The molecule has 1 aliphatic rings. The van der Waals surface area contributed by atoms with Crippen LogP contribution in [0.25, 0.3) is 0 Å². The summed E-state index contributed by atoms with van der Waals surface area (Å²) in [6, 6.07) is 8.09. The summed E-state index contributed by atoms with van der Waals surface area (Å²) in [6.07, 6.45) is 0.446. The van der Waals surface area contributed by atoms with Crippen LogP contribution in [0.4, 0.5) is 25.0 Å². The Bertz CT molecular complexity index is 1010. The Morgan fingerprint density at radius 3 is 2.47 bits per heavy atom. The molecule has 1 fully saturated rings. The van der Waals surface area contributed by atoms with E-state index in [1.165, 1.54) is 6.20 Å². The van der Waals surface area contributed by atoms with Gasteiger partial charge in [-0.05, 0) is 50.2 Å². The number of urea groups is 1. The molecule has 1 aromatic heterocycles. The number of nitrogens with zero attached hydrogens (tertiary/aromatic N) is 2. The zero-order chi connectivity index (χ0) is 24.8. The highest BCUT2D eigenvalue weighted by molar-refractivity contribution is 6.03. The van der Waals surface area contributed by atoms with E-state index in [-0.39, 0.29) is 30.0 Å². The molecule has 9 heteroatoms. The van der Waals surface area contributed by atoms with E-state index in [0.717, 1.165) is 17.3 Å². The predicted molar refractivity (Wildman–Crippen MR) is 126 cm³/mol. The van der Waals surface area contributed by atoms with Gasteiger partial charge in [0.15, 0.2) is 0 Å². The molecule has 184 valence electrons. The number of carboxylic acids is 1. The molecule has 1 heterocycles. The van der Waals surface area contributed by atoms with Gasteiger partial charge in [0.25, 0.3) is 6.43 Å². The van der Waals surface area contributed by atoms with Gasteiger partial charge in [-0.25, -0.2) is 13.6 Å². The van der Waals surface area contributed by atoms with Crippen LogP contribution in [0.1, 0.15) is 70.1 Å². The van der Waals surface area contributed by atoms with Crippen molar-refractivity contribution >= 4 is 23.4 Å². The van der Waals surface area contributed by atoms with Crippen molar-refractivity contribution in [2.45, 2.75) is 64.8 Å². The second-order valence-corrected chi connectivity index (χ2v) is 8.70. The Balaban J connectivity index is 1.96. The standard InChI is InChI=1S/C25H31F2N3O4/c1-4-34-22-13-19(23(26)27)28-14-20(22)29-25(33)30(17-11-9-16(10-12-17)24(31)32)21-8-6-5-7-18(21)15(2)3/h5-8,13-17,23H,4,9-12H2,1-3H3,(H,29,33)(H,31,32). The van der Waals surface area contributed by atoms with E-state index in [4.69, 9.17) is 4.74 Å². The summed E-state index contributed by atoms with van der Waals surface area (Å²) in [4.78, 5) is 30.5. The zero-order valence-corrected chi connectivity index (χ0v) is 19.6. The van der Waals surface area contributed by atoms with E-state index in [1.54, 1.807) is 11.8 Å². The number of rotatable bonds is 8. The smallest absolute Gasteiger partial charge is 0.326 e. The number of ether oxygens (including phenoxy) is 1. The maximum Gasteiger partial charge on any atom is 0.326 e. The van der Waals surface area contributed by atoms with Gasteiger partial charge in [-0.3, -0.25) is 14.7 Å². The van der Waals surface area contributed by atoms with E-state index in [0.29, 0.717) is 25.7 Å². The highest BCUT2D eigenvalue weighted by Crippen LogP contribution is 2.36. The fourth-order valence-electron chi connectivity index (χ4n) is 4.36. The van der Waals surface area contributed by atoms with Crippen LogP contribution in [0, 0.1) is 5.92 Å². The van der Waals surface area contributed by atoms with E-state index in [9.17, 15) is 23.5 Å². The van der Waals surface area contributed by atoms with Crippen LogP contribution in [0.15, 0.2) is 36.5 Å². The van der Waals surface area contributed by atoms with Crippen molar-refractivity contribution in [3.8, 4) is 5.75 Å². The number of pyridine rings is 1. The highest BCUT2D eigenvalue weighted by atomic mass is 19.3. The SMILES string of the molecule is CCOc1cc(C(F)F)ncc1NC(=O)N(c1ccccc1C(C)C)C1CCC(C(=O)O)CC1. The van der Waals surface area contributed by atoms with Crippen LogP contribution < -0.4 is 15.0 Å². The molecule has 1 aliphatic carbocycles. The predicted octanol–water partition coefficient (Wildman–Crippen LogP) is 6.22. The number of hydrogen-bond acceptors (Lipinski definition) is 4. The Morgan fingerprint density at radius 2 is 1.88 bits per heavy atom. The van der Waals surface area contributed by atoms with Crippen LogP contribution in [0.5, 0.6) is 5.75 Å². The van der Waals surface area contributed by atoms with E-state index >= 15 is 0 Å². The van der Waals surface area contributed by atoms with Crippen LogP contribution in [0.2, 0.25) is 0 Å². The highest BCUT2D eigenvalue weighted by Gasteiger charge is 2.34. The molecule has 0 unspecified atom stereocenters. The summed E-state index contributed by atoms with van der Waals surface area (Å²) in [7, 11) is 0. The first-order chi connectivity index (χ1) is 16.2. The molecule has 1 saturated carbocycles. The van der Waals surface area contributed by atoms with Gasteiger partial charge in [-0.1, -0.05) is 32.0 Å². The number of anilines is 2. The Labute approximate surface area is 198 Å². The normalized spacial score (nSPS) is 18.1. The molecule has 2 aromatic rings. The second kappa shape index (κ2) is 11.3. The number of halogens is 2. The number of nitrogens with one attached hydrogen (secondary N) is 1. The summed E-state index contributed by atoms with van der Waals surface area (Å²) in [6.45, 7) is 6.03. The largest absolute Gasteiger partial charge is 0.492 e. The Morgan fingerprint density at radius 1 is 1.21 bits per heavy atom. The Kier molecular flexibility index (Phi) is 8.41. The number of alkyl halides is 2. The van der Waals surface area contributed by atoms with E-state index in [2.05, 4.69) is 10.3 Å². The first-order valence-corrected chi connectivity index (χ1v) is 11.6. The van der Waals surface area contributed by atoms with E-state index < -0.39 is 30.0 Å². The molecule has 7 nitrogen and oxygen atoms in total. The summed E-state index contributed by atoms with van der Waals surface area (Å²) in [5, 5.41) is 12.2. The van der Waals surface area contributed by atoms with Gasteiger partial charge in [0, 0.05) is 17.8 Å². The minimum atomic E-state index is -2.76. The molecule has 2 N–H and O–H groups in total. The second-order valence-electron chi connectivity index (χ2n) is 8.70. The lowest BCUT2D eigenvalue weighted by molar-refractivity contribution is -0.142. The third kappa shape index (κ3) is 5.81. The quantitative estimate of drug-likeness (QED) is 0.473. The number of hydrogen-bond donors (Lipinski definition) is 2. The first kappa shape index (κ1) is 25.4. The fourth-order valence-corrected chi connectivity index (χ4v) is 4.36. The van der Waals surface area contributed by atoms with Crippen molar-refractivity contribution in [3.63, 3.8) is 0 Å². The summed E-state index contributed by atoms with van der Waals surface area (Å²) in [5.41, 5.74) is 1.48. The van der Waals surface area contributed by atoms with Crippen LogP contribution in [-0.4, -0.2) is 34.7 Å². The number of benzene rings is 1. The molecular weight excluding hydrogens is 444 g/mol. The van der Waals surface area contributed by atoms with Crippen molar-refractivity contribution in [1.82, 2.24) is 4.98 Å². The minimum Gasteiger partial charge on any atom is -0.492 e. The number of aliphatic carboxylic acids is 1. The lowest BCUT2D eigenvalue weighted by Gasteiger charge is -2.37. The van der Waals surface area contributed by atoms with Gasteiger partial charge < -0.3 is 15.2 Å². The van der Waals surface area contributed by atoms with Gasteiger partial charge in [0.2, 0.25) is 0 Å². The van der Waals surface area contributed by atoms with Crippen molar-refractivity contribution in [3.05, 3.63) is 47.8 Å². The number of carbonyl (C=O) groups excluding carboxylic acids is 1. The van der Waals surface area contributed by atoms with Gasteiger partial charge in [0.1, 0.15) is 17.1 Å². The molecule has 0 bridgehead atoms. The lowest BCUT2D eigenvalue weighted by atomic mass is 9.85. The number of amides is 2. The van der Waals surface area contributed by atoms with Gasteiger partial charge in [-0.15, -0.1) is 0 Å². The monoisotopic (exact) mass is 475 g/mol. The third-order valence-electron chi connectivity index (χ3n) is 6.10. The molecule has 3 rings (SSSR count). The topological polar surface area (TPSA) is 91.8 Å². The molecule has 0 saturated heterocycles. The molecule has 0 spiro atoms. The molecule has 0 radical (unpaired) electrons. The number of aromatic nitrogens is 1. The van der Waals surface area contributed by atoms with Crippen molar-refractivity contribution in [2.75, 3.05) is 16.8 Å². The Hall–Kier alpha value is -3.23. The zero-order valence-electron chi connectivity index (χ0n) is 19.6. The van der Waals surface area contributed by atoms with Gasteiger partial charge in [-0.2, -0.15) is 0 Å². The average molecular weight is 476 g/mol. The van der Waals surface area contributed by atoms with Gasteiger partial charge in [0.05, 0.1) is 18.7 Å². The molecule has 34 heavy (non-hydrogen) atoms. The number of carboxylic acid groups (broad SMARTS) is 1. The van der Waals surface area contributed by atoms with Crippen LogP contribution >= 0.6 is 0 Å². The first-order valence-electron chi connectivity index (χ1n) is 11.6. The molecule has 2 amide bonds. The fraction of sp³-hybridized carbons (Fsp3) is 0.480. The summed E-state index contributed by atoms with van der Waals surface area (Å²) < 4.78 is 31.7. The number of carbonyl (C=O) groups is 2. The summed E-state index contributed by atoms with van der Waals surface area (Å²) >= 11 is 0. The van der Waals surface area contributed by atoms with Crippen molar-refractivity contribution < 1.29 is 28.2 Å². The van der Waals surface area contributed by atoms with Crippen molar-refractivity contribution in [1.29, 1.82) is 0 Å². The average Bonchev–Trinajstić information content (AvgIpc) is 2.81. The molecule has 0 aliphatic heterocycles. The van der Waals surface area contributed by atoms with E-state index in [1.807, 2.05) is 38.1 Å². The third-order valence-corrected chi connectivity index (χ3v) is 6.10. The van der Waals surface area contributed by atoms with Crippen LogP contribution in [0.3, 0.4) is 0 Å². The lowest BCUT2D eigenvalue weighted by Crippen LogP contribution is -2.46. The maximum atomic E-state index is 13.6. The molecule has 1 aromatic carbocycles. The molecule has 0 atom stereocenters. The molecular formula is C25H31F2N3O4. The minimum absolute atomic E-state index is 0.118. The summed E-state index contributed by atoms with van der Waals surface area (Å²) in [5.74, 6) is -0.971. The van der Waals surface area contributed by atoms with Gasteiger partial charge >= 0.3 is 12.0 Å². The maximum absolute atomic E-state index is 13.6.